The maximum atomic E-state index is 12.4. The average Bonchev–Trinajstić information content (AvgIpc) is 2.50. The second kappa shape index (κ2) is 7.20. The van der Waals surface area contributed by atoms with Gasteiger partial charge in [-0.2, -0.15) is 0 Å². The van der Waals surface area contributed by atoms with Crippen LogP contribution in [0, 0.1) is 0 Å². The van der Waals surface area contributed by atoms with Gasteiger partial charge >= 0.3 is 0 Å². The van der Waals surface area contributed by atoms with Gasteiger partial charge in [-0.3, -0.25) is 4.21 Å². The standard InChI is InChI=1S/C15H23NO3S/c1-16-15-13-6-5-12(19-3)10-11(13)4-7-14(15)20(17)9-8-18-2/h5-6,10,14-16H,4,7-9H2,1-3H3. The summed E-state index contributed by atoms with van der Waals surface area (Å²) in [6.45, 7) is 0.551. The molecule has 0 heterocycles. The lowest BCUT2D eigenvalue weighted by Crippen LogP contribution is -2.38. The van der Waals surface area contributed by atoms with Crippen molar-refractivity contribution in [1.82, 2.24) is 5.32 Å². The lowest BCUT2D eigenvalue weighted by Gasteiger charge is -2.33. The van der Waals surface area contributed by atoms with Gasteiger partial charge in [0.05, 0.1) is 19.0 Å². The van der Waals surface area contributed by atoms with E-state index in [1.807, 2.05) is 13.1 Å². The van der Waals surface area contributed by atoms with Gasteiger partial charge in [-0.05, 0) is 43.1 Å². The van der Waals surface area contributed by atoms with Crippen LogP contribution in [-0.2, 0) is 22.0 Å². The highest BCUT2D eigenvalue weighted by atomic mass is 32.2. The van der Waals surface area contributed by atoms with Gasteiger partial charge in [-0.15, -0.1) is 0 Å². The Morgan fingerprint density at radius 2 is 2.20 bits per heavy atom. The van der Waals surface area contributed by atoms with E-state index in [0.29, 0.717) is 12.4 Å². The van der Waals surface area contributed by atoms with Crippen LogP contribution in [0.3, 0.4) is 0 Å². The van der Waals surface area contributed by atoms with Crippen molar-refractivity contribution in [3.63, 3.8) is 0 Å². The van der Waals surface area contributed by atoms with Gasteiger partial charge in [0.25, 0.3) is 0 Å². The van der Waals surface area contributed by atoms with Gasteiger partial charge in [0, 0.05) is 29.7 Å². The quantitative estimate of drug-likeness (QED) is 0.867. The Morgan fingerprint density at radius 3 is 2.85 bits per heavy atom. The fraction of sp³-hybridized carbons (Fsp3) is 0.600. The fourth-order valence-corrected chi connectivity index (χ4v) is 4.44. The third kappa shape index (κ3) is 3.22. The average molecular weight is 297 g/mol. The van der Waals surface area contributed by atoms with Gasteiger partial charge in [-0.1, -0.05) is 6.07 Å². The molecule has 3 atom stereocenters. The van der Waals surface area contributed by atoms with E-state index in [2.05, 4.69) is 17.4 Å². The van der Waals surface area contributed by atoms with E-state index in [9.17, 15) is 4.21 Å². The largest absolute Gasteiger partial charge is 0.497 e. The number of hydrogen-bond donors (Lipinski definition) is 1. The van der Waals surface area contributed by atoms with Crippen molar-refractivity contribution in [3.8, 4) is 5.75 Å². The van der Waals surface area contributed by atoms with Crippen molar-refractivity contribution in [3.05, 3.63) is 29.3 Å². The van der Waals surface area contributed by atoms with Crippen LogP contribution in [0.1, 0.15) is 23.6 Å². The predicted molar refractivity (Wildman–Crippen MR) is 81.8 cm³/mol. The summed E-state index contributed by atoms with van der Waals surface area (Å²) in [5, 5.41) is 3.48. The molecule has 1 aromatic rings. The highest BCUT2D eigenvalue weighted by Gasteiger charge is 2.32. The smallest absolute Gasteiger partial charge is 0.119 e. The Labute approximate surface area is 123 Å². The van der Waals surface area contributed by atoms with Crippen LogP contribution in [-0.4, -0.2) is 43.1 Å². The number of rotatable bonds is 6. The topological polar surface area (TPSA) is 47.6 Å². The first-order valence-electron chi connectivity index (χ1n) is 6.91. The van der Waals surface area contributed by atoms with Crippen molar-refractivity contribution in [2.75, 3.05) is 33.6 Å². The number of aryl methyl sites for hydroxylation is 1. The Bertz CT molecular complexity index is 478. The molecule has 0 radical (unpaired) electrons. The normalized spacial score (nSPS) is 23.1. The Hall–Kier alpha value is -0.910. The Kier molecular flexibility index (Phi) is 5.57. The van der Waals surface area contributed by atoms with Gasteiger partial charge in [0.2, 0.25) is 0 Å². The molecule has 112 valence electrons. The Balaban J connectivity index is 2.21. The number of ether oxygens (including phenoxy) is 2. The number of fused-ring (bicyclic) bond motifs is 1. The van der Waals surface area contributed by atoms with E-state index in [1.54, 1.807) is 14.2 Å². The van der Waals surface area contributed by atoms with Crippen LogP contribution in [0.2, 0.25) is 0 Å². The number of nitrogens with one attached hydrogen (secondary N) is 1. The summed E-state index contributed by atoms with van der Waals surface area (Å²) in [4.78, 5) is 0. The predicted octanol–water partition coefficient (Wildman–Crippen LogP) is 1.67. The first-order chi connectivity index (χ1) is 9.71. The van der Waals surface area contributed by atoms with E-state index in [4.69, 9.17) is 9.47 Å². The lowest BCUT2D eigenvalue weighted by atomic mass is 9.87. The first kappa shape index (κ1) is 15.5. The zero-order chi connectivity index (χ0) is 14.5. The molecule has 0 amide bonds. The van der Waals surface area contributed by atoms with Crippen molar-refractivity contribution in [2.24, 2.45) is 0 Å². The molecular weight excluding hydrogens is 274 g/mol. The summed E-state index contributed by atoms with van der Waals surface area (Å²) in [5.74, 6) is 1.49. The molecule has 5 heteroatoms. The summed E-state index contributed by atoms with van der Waals surface area (Å²) in [7, 11) is 4.40. The van der Waals surface area contributed by atoms with Crippen LogP contribution in [0.25, 0.3) is 0 Å². The summed E-state index contributed by atoms with van der Waals surface area (Å²) in [5.41, 5.74) is 2.54. The molecule has 4 nitrogen and oxygen atoms in total. The van der Waals surface area contributed by atoms with Crippen LogP contribution < -0.4 is 10.1 Å². The molecule has 0 aromatic heterocycles. The summed E-state index contributed by atoms with van der Waals surface area (Å²) in [6, 6.07) is 6.30. The van der Waals surface area contributed by atoms with E-state index < -0.39 is 10.8 Å². The zero-order valence-corrected chi connectivity index (χ0v) is 13.2. The zero-order valence-electron chi connectivity index (χ0n) is 12.3. The van der Waals surface area contributed by atoms with Crippen LogP contribution in [0.5, 0.6) is 5.75 Å². The highest BCUT2D eigenvalue weighted by molar-refractivity contribution is 7.85. The number of methoxy groups -OCH3 is 2. The second-order valence-electron chi connectivity index (χ2n) is 4.99. The van der Waals surface area contributed by atoms with Crippen LogP contribution in [0.15, 0.2) is 18.2 Å². The van der Waals surface area contributed by atoms with Gasteiger partial charge < -0.3 is 14.8 Å². The van der Waals surface area contributed by atoms with Gasteiger partial charge in [0.15, 0.2) is 0 Å². The SMILES string of the molecule is CNC1c2ccc(OC)cc2CCC1S(=O)CCOC. The summed E-state index contributed by atoms with van der Waals surface area (Å²) >= 11 is 0. The van der Waals surface area contributed by atoms with E-state index in [-0.39, 0.29) is 11.3 Å². The monoisotopic (exact) mass is 297 g/mol. The fourth-order valence-electron chi connectivity index (χ4n) is 2.84. The van der Waals surface area contributed by atoms with E-state index >= 15 is 0 Å². The third-order valence-electron chi connectivity index (χ3n) is 3.89. The molecular formula is C15H23NO3S. The van der Waals surface area contributed by atoms with Crippen molar-refractivity contribution < 1.29 is 13.7 Å². The number of benzene rings is 1. The molecule has 0 fully saturated rings. The van der Waals surface area contributed by atoms with E-state index in [1.165, 1.54) is 11.1 Å². The summed E-state index contributed by atoms with van der Waals surface area (Å²) < 4.78 is 22.7. The minimum Gasteiger partial charge on any atom is -0.497 e. The van der Waals surface area contributed by atoms with E-state index in [0.717, 1.165) is 18.6 Å². The number of hydrogen-bond acceptors (Lipinski definition) is 4. The molecule has 1 aliphatic rings. The molecule has 0 saturated carbocycles. The van der Waals surface area contributed by atoms with Crippen LogP contribution >= 0.6 is 0 Å². The first-order valence-corrected chi connectivity index (χ1v) is 8.29. The minimum atomic E-state index is -0.869. The molecule has 2 rings (SSSR count). The van der Waals surface area contributed by atoms with Crippen molar-refractivity contribution in [1.29, 1.82) is 0 Å². The molecule has 0 bridgehead atoms. The molecule has 1 N–H and O–H groups in total. The van der Waals surface area contributed by atoms with Crippen molar-refractivity contribution in [2.45, 2.75) is 24.1 Å². The Morgan fingerprint density at radius 1 is 1.40 bits per heavy atom. The molecule has 0 aliphatic heterocycles. The molecule has 0 spiro atoms. The van der Waals surface area contributed by atoms with Crippen molar-refractivity contribution >= 4 is 10.8 Å². The molecule has 1 aliphatic carbocycles. The van der Waals surface area contributed by atoms with Gasteiger partial charge in [-0.25, -0.2) is 0 Å². The highest BCUT2D eigenvalue weighted by Crippen LogP contribution is 2.34. The molecule has 20 heavy (non-hydrogen) atoms. The minimum absolute atomic E-state index is 0.141. The van der Waals surface area contributed by atoms with Crippen LogP contribution in [0.4, 0.5) is 0 Å². The second-order valence-corrected chi connectivity index (χ2v) is 6.76. The molecule has 3 unspecified atom stereocenters. The molecule has 1 aromatic carbocycles. The van der Waals surface area contributed by atoms with Gasteiger partial charge in [0.1, 0.15) is 5.75 Å². The molecule has 0 saturated heterocycles. The maximum Gasteiger partial charge on any atom is 0.119 e. The maximum absolute atomic E-state index is 12.4. The summed E-state index contributed by atoms with van der Waals surface area (Å²) in [6.07, 6.45) is 1.89. The third-order valence-corrected chi connectivity index (χ3v) is 5.64. The lowest BCUT2D eigenvalue weighted by molar-refractivity contribution is 0.217.